The van der Waals surface area contributed by atoms with Gasteiger partial charge in [-0.1, -0.05) is 12.1 Å². The maximum absolute atomic E-state index is 5.60. The van der Waals surface area contributed by atoms with Crippen LogP contribution in [0.2, 0.25) is 0 Å². The van der Waals surface area contributed by atoms with Crippen LogP contribution in [0.15, 0.2) is 30.3 Å². The van der Waals surface area contributed by atoms with Gasteiger partial charge in [-0.05, 0) is 44.5 Å². The lowest BCUT2D eigenvalue weighted by Crippen LogP contribution is -2.46. The molecule has 29 heavy (non-hydrogen) atoms. The zero-order valence-electron chi connectivity index (χ0n) is 17.8. The quantitative estimate of drug-likeness (QED) is 0.810. The zero-order chi connectivity index (χ0) is 20.2. The van der Waals surface area contributed by atoms with Crippen molar-refractivity contribution in [3.63, 3.8) is 0 Å². The van der Waals surface area contributed by atoms with Crippen LogP contribution in [0.25, 0.3) is 0 Å². The van der Waals surface area contributed by atoms with Gasteiger partial charge in [0.2, 0.25) is 0 Å². The molecular formula is C23H32N4O2. The van der Waals surface area contributed by atoms with E-state index < -0.39 is 0 Å². The molecule has 1 atom stereocenters. The monoisotopic (exact) mass is 396 g/mol. The van der Waals surface area contributed by atoms with Crippen LogP contribution in [0.5, 0.6) is 11.5 Å². The molecule has 2 fully saturated rings. The molecule has 0 spiro atoms. The molecule has 1 aromatic carbocycles. The van der Waals surface area contributed by atoms with Crippen molar-refractivity contribution in [3.05, 3.63) is 47.3 Å². The van der Waals surface area contributed by atoms with Crippen LogP contribution in [0.4, 0.5) is 5.69 Å². The highest BCUT2D eigenvalue weighted by Crippen LogP contribution is 2.32. The van der Waals surface area contributed by atoms with Gasteiger partial charge in [-0.15, -0.1) is 0 Å². The van der Waals surface area contributed by atoms with E-state index in [0.717, 1.165) is 56.5 Å². The summed E-state index contributed by atoms with van der Waals surface area (Å²) in [5, 5.41) is 3.57. The maximum atomic E-state index is 5.60. The number of aryl methyl sites for hydroxylation is 1. The molecule has 0 aliphatic carbocycles. The third kappa shape index (κ3) is 4.49. The van der Waals surface area contributed by atoms with E-state index in [2.05, 4.69) is 40.2 Å². The van der Waals surface area contributed by atoms with Crippen molar-refractivity contribution in [3.8, 4) is 11.5 Å². The molecule has 2 saturated heterocycles. The number of nitrogens with zero attached hydrogens (tertiary/aromatic N) is 3. The number of anilines is 1. The molecule has 6 nitrogen and oxygen atoms in total. The molecule has 2 aliphatic rings. The standard InChI is InChI=1S/C23H32N4O2/c1-17-14-19(15-21(25-17)20-7-5-9-24-20)27-12-10-26(11-13-27)16-18-6-4-8-22(28-2)23(18)29-3/h4,6,8,14-15,20,24H,5,7,9-13,16H2,1-3H3. The topological polar surface area (TPSA) is 49.9 Å². The molecule has 156 valence electrons. The Morgan fingerprint density at radius 1 is 1.10 bits per heavy atom. The summed E-state index contributed by atoms with van der Waals surface area (Å²) < 4.78 is 11.0. The summed E-state index contributed by atoms with van der Waals surface area (Å²) in [7, 11) is 3.40. The summed E-state index contributed by atoms with van der Waals surface area (Å²) >= 11 is 0. The fourth-order valence-corrected chi connectivity index (χ4v) is 4.46. The Hall–Kier alpha value is -2.31. The van der Waals surface area contributed by atoms with Crippen LogP contribution in [0.1, 0.15) is 35.8 Å². The largest absolute Gasteiger partial charge is 0.493 e. The first-order valence-corrected chi connectivity index (χ1v) is 10.6. The number of aromatic nitrogens is 1. The number of benzene rings is 1. The summed E-state index contributed by atoms with van der Waals surface area (Å²) in [6.07, 6.45) is 2.42. The van der Waals surface area contributed by atoms with Crippen LogP contribution in [-0.4, -0.2) is 56.8 Å². The fourth-order valence-electron chi connectivity index (χ4n) is 4.46. The van der Waals surface area contributed by atoms with Crippen LogP contribution in [-0.2, 0) is 6.54 Å². The minimum absolute atomic E-state index is 0.412. The van der Waals surface area contributed by atoms with Crippen molar-refractivity contribution >= 4 is 5.69 Å². The Morgan fingerprint density at radius 2 is 1.93 bits per heavy atom. The van der Waals surface area contributed by atoms with Crippen LogP contribution < -0.4 is 19.7 Å². The highest BCUT2D eigenvalue weighted by Gasteiger charge is 2.22. The van der Waals surface area contributed by atoms with Crippen molar-refractivity contribution in [2.45, 2.75) is 32.4 Å². The van der Waals surface area contributed by atoms with Crippen molar-refractivity contribution < 1.29 is 9.47 Å². The number of hydrogen-bond acceptors (Lipinski definition) is 6. The summed E-state index contributed by atoms with van der Waals surface area (Å²) in [5.74, 6) is 1.64. The lowest BCUT2D eigenvalue weighted by Gasteiger charge is -2.36. The van der Waals surface area contributed by atoms with Gasteiger partial charge in [0, 0.05) is 55.7 Å². The molecule has 1 aromatic heterocycles. The summed E-state index contributed by atoms with van der Waals surface area (Å²) in [4.78, 5) is 9.77. The van der Waals surface area contributed by atoms with Gasteiger partial charge in [0.05, 0.1) is 19.9 Å². The van der Waals surface area contributed by atoms with Gasteiger partial charge < -0.3 is 19.7 Å². The summed E-state index contributed by atoms with van der Waals surface area (Å²) in [6, 6.07) is 11.0. The second kappa shape index (κ2) is 9.01. The second-order valence-electron chi connectivity index (χ2n) is 7.96. The highest BCUT2D eigenvalue weighted by molar-refractivity contribution is 5.50. The minimum Gasteiger partial charge on any atom is -0.493 e. The normalized spacial score (nSPS) is 20.1. The lowest BCUT2D eigenvalue weighted by molar-refractivity contribution is 0.244. The molecule has 4 rings (SSSR count). The number of ether oxygens (including phenoxy) is 2. The zero-order valence-corrected chi connectivity index (χ0v) is 17.8. The van der Waals surface area contributed by atoms with Crippen molar-refractivity contribution in [1.82, 2.24) is 15.2 Å². The van der Waals surface area contributed by atoms with Gasteiger partial charge in [0.15, 0.2) is 11.5 Å². The number of pyridine rings is 1. The van der Waals surface area contributed by atoms with Crippen LogP contribution in [0.3, 0.4) is 0 Å². The Balaban J connectivity index is 1.41. The molecule has 3 heterocycles. The van der Waals surface area contributed by atoms with Gasteiger partial charge in [-0.25, -0.2) is 0 Å². The first kappa shape index (κ1) is 20.0. The maximum Gasteiger partial charge on any atom is 0.165 e. The summed E-state index contributed by atoms with van der Waals surface area (Å²) in [6.45, 7) is 8.17. The number of hydrogen-bond donors (Lipinski definition) is 1. The molecule has 0 radical (unpaired) electrons. The molecule has 0 saturated carbocycles. The number of piperazine rings is 1. The number of nitrogens with one attached hydrogen (secondary N) is 1. The average molecular weight is 397 g/mol. The van der Waals surface area contributed by atoms with Crippen molar-refractivity contribution in [2.75, 3.05) is 51.8 Å². The molecule has 2 aliphatic heterocycles. The van der Waals surface area contributed by atoms with E-state index in [-0.39, 0.29) is 0 Å². The number of methoxy groups -OCH3 is 2. The van der Waals surface area contributed by atoms with Gasteiger partial charge in [0.25, 0.3) is 0 Å². The van der Waals surface area contributed by atoms with E-state index in [1.54, 1.807) is 14.2 Å². The van der Waals surface area contributed by atoms with Crippen molar-refractivity contribution in [1.29, 1.82) is 0 Å². The van der Waals surface area contributed by atoms with Gasteiger partial charge in [-0.3, -0.25) is 9.88 Å². The van der Waals surface area contributed by atoms with E-state index in [1.165, 1.54) is 29.8 Å². The predicted octanol–water partition coefficient (Wildman–Crippen LogP) is 3.15. The molecular weight excluding hydrogens is 364 g/mol. The highest BCUT2D eigenvalue weighted by atomic mass is 16.5. The molecule has 1 N–H and O–H groups in total. The Bertz CT molecular complexity index is 828. The van der Waals surface area contributed by atoms with E-state index in [9.17, 15) is 0 Å². The van der Waals surface area contributed by atoms with Crippen LogP contribution in [0, 0.1) is 6.92 Å². The smallest absolute Gasteiger partial charge is 0.165 e. The van der Waals surface area contributed by atoms with Gasteiger partial charge >= 0.3 is 0 Å². The predicted molar refractivity (Wildman–Crippen MR) is 116 cm³/mol. The fraction of sp³-hybridized carbons (Fsp3) is 0.522. The number of rotatable bonds is 6. The third-order valence-electron chi connectivity index (χ3n) is 5.99. The Morgan fingerprint density at radius 3 is 2.62 bits per heavy atom. The molecule has 0 amide bonds. The number of para-hydroxylation sites is 1. The van der Waals surface area contributed by atoms with Gasteiger partial charge in [-0.2, -0.15) is 0 Å². The first-order chi connectivity index (χ1) is 14.2. The van der Waals surface area contributed by atoms with E-state index in [0.29, 0.717) is 6.04 Å². The first-order valence-electron chi connectivity index (χ1n) is 10.6. The van der Waals surface area contributed by atoms with E-state index in [1.807, 2.05) is 12.1 Å². The van der Waals surface area contributed by atoms with Crippen molar-refractivity contribution in [2.24, 2.45) is 0 Å². The Kier molecular flexibility index (Phi) is 6.21. The third-order valence-corrected chi connectivity index (χ3v) is 5.99. The average Bonchev–Trinajstić information content (AvgIpc) is 3.28. The second-order valence-corrected chi connectivity index (χ2v) is 7.96. The molecule has 6 heteroatoms. The summed E-state index contributed by atoms with van der Waals surface area (Å²) in [5.41, 5.74) is 4.78. The lowest BCUT2D eigenvalue weighted by atomic mass is 10.1. The minimum atomic E-state index is 0.412. The molecule has 2 aromatic rings. The van der Waals surface area contributed by atoms with E-state index >= 15 is 0 Å². The molecule has 0 bridgehead atoms. The van der Waals surface area contributed by atoms with Gasteiger partial charge in [0.1, 0.15) is 0 Å². The SMILES string of the molecule is COc1cccc(CN2CCN(c3cc(C)nc(C4CCCN4)c3)CC2)c1OC. The molecule has 1 unspecified atom stereocenters. The van der Waals surface area contributed by atoms with E-state index in [4.69, 9.17) is 14.5 Å². The Labute approximate surface area is 173 Å². The van der Waals surface area contributed by atoms with Crippen LogP contribution >= 0.6 is 0 Å².